The fourth-order valence-electron chi connectivity index (χ4n) is 2.80. The van der Waals surface area contributed by atoms with Gasteiger partial charge in [0.15, 0.2) is 0 Å². The zero-order valence-electron chi connectivity index (χ0n) is 12.6. The quantitative estimate of drug-likeness (QED) is 0.910. The molecule has 1 atom stereocenters. The number of hydrogen-bond donors (Lipinski definition) is 1. The van der Waals surface area contributed by atoms with Gasteiger partial charge in [0.05, 0.1) is 6.10 Å². The van der Waals surface area contributed by atoms with Crippen LogP contribution < -0.4 is 0 Å². The Morgan fingerprint density at radius 1 is 1.15 bits per heavy atom. The highest BCUT2D eigenvalue weighted by Gasteiger charge is 2.21. The molecule has 1 aromatic carbocycles. The van der Waals surface area contributed by atoms with Gasteiger partial charge in [-0.15, -0.1) is 0 Å². The van der Waals surface area contributed by atoms with E-state index in [2.05, 4.69) is 24.8 Å². The Morgan fingerprint density at radius 3 is 2.20 bits per heavy atom. The number of aliphatic hydroxyl groups excluding tert-OH is 1. The van der Waals surface area contributed by atoms with Crippen molar-refractivity contribution in [3.8, 4) is 0 Å². The largest absolute Gasteiger partial charge is 0.387 e. The van der Waals surface area contributed by atoms with E-state index in [0.29, 0.717) is 6.54 Å². The van der Waals surface area contributed by atoms with Gasteiger partial charge in [0.2, 0.25) is 5.91 Å². The predicted octanol–water partition coefficient (Wildman–Crippen LogP) is 1.50. The first-order valence-electron chi connectivity index (χ1n) is 7.20. The molecule has 0 spiro atoms. The minimum absolute atomic E-state index is 0.138. The van der Waals surface area contributed by atoms with Crippen LogP contribution in [0.2, 0.25) is 0 Å². The summed E-state index contributed by atoms with van der Waals surface area (Å²) in [5.41, 5.74) is 3.34. The molecule has 4 heteroatoms. The van der Waals surface area contributed by atoms with Crippen LogP contribution in [0, 0.1) is 13.8 Å². The fourth-order valence-corrected chi connectivity index (χ4v) is 2.80. The Hall–Kier alpha value is -1.39. The van der Waals surface area contributed by atoms with Crippen LogP contribution in [0.4, 0.5) is 0 Å². The maximum absolute atomic E-state index is 11.3. The Kier molecular flexibility index (Phi) is 4.78. The lowest BCUT2D eigenvalue weighted by Gasteiger charge is -2.35. The van der Waals surface area contributed by atoms with Gasteiger partial charge in [0, 0.05) is 39.6 Å². The lowest BCUT2D eigenvalue weighted by Crippen LogP contribution is -2.48. The van der Waals surface area contributed by atoms with Gasteiger partial charge >= 0.3 is 0 Å². The van der Waals surface area contributed by atoms with Crippen molar-refractivity contribution in [3.05, 3.63) is 34.9 Å². The molecule has 0 aromatic heterocycles. The van der Waals surface area contributed by atoms with Crippen molar-refractivity contribution < 1.29 is 9.90 Å². The third-order valence-corrected chi connectivity index (χ3v) is 3.88. The number of carbonyl (C=O) groups excluding carboxylic acids is 1. The molecule has 0 bridgehead atoms. The number of carbonyl (C=O) groups is 1. The molecule has 0 radical (unpaired) electrons. The number of nitrogens with zero attached hydrogens (tertiary/aromatic N) is 2. The molecular weight excluding hydrogens is 252 g/mol. The van der Waals surface area contributed by atoms with Crippen LogP contribution in [0.5, 0.6) is 0 Å². The summed E-state index contributed by atoms with van der Waals surface area (Å²) in [6.07, 6.45) is -0.461. The number of benzene rings is 1. The summed E-state index contributed by atoms with van der Waals surface area (Å²) < 4.78 is 0. The fraction of sp³-hybridized carbons (Fsp3) is 0.562. The summed E-state index contributed by atoms with van der Waals surface area (Å²) in [4.78, 5) is 15.4. The minimum atomic E-state index is -0.461. The van der Waals surface area contributed by atoms with Gasteiger partial charge in [0.1, 0.15) is 0 Å². The molecule has 1 saturated heterocycles. The van der Waals surface area contributed by atoms with E-state index < -0.39 is 6.10 Å². The molecule has 1 N–H and O–H groups in total. The Balaban J connectivity index is 1.92. The monoisotopic (exact) mass is 276 g/mol. The normalized spacial score (nSPS) is 18.1. The zero-order chi connectivity index (χ0) is 14.7. The molecule has 0 saturated carbocycles. The van der Waals surface area contributed by atoms with Crippen LogP contribution in [0.1, 0.15) is 29.7 Å². The predicted molar refractivity (Wildman–Crippen MR) is 79.6 cm³/mol. The van der Waals surface area contributed by atoms with Crippen LogP contribution in [0.3, 0.4) is 0 Å². The molecule has 4 nitrogen and oxygen atoms in total. The van der Waals surface area contributed by atoms with E-state index in [4.69, 9.17) is 0 Å². The van der Waals surface area contributed by atoms with E-state index >= 15 is 0 Å². The molecule has 1 heterocycles. The van der Waals surface area contributed by atoms with Crippen molar-refractivity contribution in [2.45, 2.75) is 26.9 Å². The third kappa shape index (κ3) is 3.81. The van der Waals surface area contributed by atoms with E-state index in [1.807, 2.05) is 17.0 Å². The second-order valence-electron chi connectivity index (χ2n) is 5.74. The summed E-state index contributed by atoms with van der Waals surface area (Å²) in [6, 6.07) is 6.20. The van der Waals surface area contributed by atoms with E-state index in [1.165, 1.54) is 11.1 Å². The van der Waals surface area contributed by atoms with Gasteiger partial charge in [-0.2, -0.15) is 0 Å². The summed E-state index contributed by atoms with van der Waals surface area (Å²) in [7, 11) is 0. The van der Waals surface area contributed by atoms with Crippen molar-refractivity contribution in [1.82, 2.24) is 9.80 Å². The topological polar surface area (TPSA) is 43.8 Å². The summed E-state index contributed by atoms with van der Waals surface area (Å²) in [5.74, 6) is 0.138. The average Bonchev–Trinajstić information content (AvgIpc) is 2.38. The highest BCUT2D eigenvalue weighted by atomic mass is 16.3. The smallest absolute Gasteiger partial charge is 0.219 e. The second-order valence-corrected chi connectivity index (χ2v) is 5.74. The first-order valence-corrected chi connectivity index (χ1v) is 7.20. The van der Waals surface area contributed by atoms with Crippen molar-refractivity contribution in [2.24, 2.45) is 0 Å². The van der Waals surface area contributed by atoms with Crippen LogP contribution >= 0.6 is 0 Å². The van der Waals surface area contributed by atoms with Crippen LogP contribution in [0.25, 0.3) is 0 Å². The maximum Gasteiger partial charge on any atom is 0.219 e. The summed E-state index contributed by atoms with van der Waals surface area (Å²) in [6.45, 7) is 9.53. The number of β-amino-alcohol motifs (C(OH)–C–C–N with tert-alkyl or cyclic N) is 1. The van der Waals surface area contributed by atoms with E-state index in [1.54, 1.807) is 6.92 Å². The summed E-state index contributed by atoms with van der Waals surface area (Å²) in [5, 5.41) is 10.4. The van der Waals surface area contributed by atoms with Crippen molar-refractivity contribution in [3.63, 3.8) is 0 Å². The molecule has 1 fully saturated rings. The molecule has 1 amide bonds. The summed E-state index contributed by atoms with van der Waals surface area (Å²) >= 11 is 0. The Morgan fingerprint density at radius 2 is 1.70 bits per heavy atom. The zero-order valence-corrected chi connectivity index (χ0v) is 12.6. The number of hydrogen-bond acceptors (Lipinski definition) is 3. The molecule has 1 aliphatic rings. The lowest BCUT2D eigenvalue weighted by atomic mass is 10.0. The lowest BCUT2D eigenvalue weighted by molar-refractivity contribution is -0.130. The van der Waals surface area contributed by atoms with Crippen LogP contribution in [-0.4, -0.2) is 53.5 Å². The van der Waals surface area contributed by atoms with Crippen LogP contribution in [0.15, 0.2) is 18.2 Å². The Labute approximate surface area is 121 Å². The number of aliphatic hydroxyl groups is 1. The molecule has 20 heavy (non-hydrogen) atoms. The van der Waals surface area contributed by atoms with Crippen molar-refractivity contribution in [2.75, 3.05) is 32.7 Å². The molecular formula is C16H24N2O2. The van der Waals surface area contributed by atoms with Gasteiger partial charge in [-0.05, 0) is 19.4 Å². The maximum atomic E-state index is 11.3. The molecule has 110 valence electrons. The van der Waals surface area contributed by atoms with Gasteiger partial charge in [-0.25, -0.2) is 0 Å². The average molecular weight is 276 g/mol. The molecule has 1 unspecified atom stereocenters. The van der Waals surface area contributed by atoms with Gasteiger partial charge in [-0.1, -0.05) is 29.3 Å². The highest BCUT2D eigenvalue weighted by Crippen LogP contribution is 2.18. The molecule has 1 aromatic rings. The van der Waals surface area contributed by atoms with Gasteiger partial charge < -0.3 is 10.0 Å². The molecule has 0 aliphatic carbocycles. The number of piperazine rings is 1. The third-order valence-electron chi connectivity index (χ3n) is 3.88. The number of amides is 1. The van der Waals surface area contributed by atoms with Gasteiger partial charge in [0.25, 0.3) is 0 Å². The second kappa shape index (κ2) is 6.37. The van der Waals surface area contributed by atoms with E-state index in [-0.39, 0.29) is 5.91 Å². The molecule has 1 aliphatic heterocycles. The first kappa shape index (κ1) is 15.0. The van der Waals surface area contributed by atoms with Crippen molar-refractivity contribution >= 4 is 5.91 Å². The molecule has 2 rings (SSSR count). The first-order chi connectivity index (χ1) is 9.45. The SMILES string of the molecule is CC(=O)N1CCN(CC(O)c2cc(C)cc(C)c2)CC1. The van der Waals surface area contributed by atoms with Crippen LogP contribution in [-0.2, 0) is 4.79 Å². The standard InChI is InChI=1S/C16H24N2O2/c1-12-8-13(2)10-15(9-12)16(20)11-17-4-6-18(7-5-17)14(3)19/h8-10,16,20H,4-7,11H2,1-3H3. The highest BCUT2D eigenvalue weighted by molar-refractivity contribution is 5.73. The van der Waals surface area contributed by atoms with E-state index in [9.17, 15) is 9.90 Å². The number of rotatable bonds is 3. The van der Waals surface area contributed by atoms with Gasteiger partial charge in [-0.3, -0.25) is 9.69 Å². The van der Waals surface area contributed by atoms with E-state index in [0.717, 1.165) is 31.7 Å². The van der Waals surface area contributed by atoms with Crippen molar-refractivity contribution in [1.29, 1.82) is 0 Å². The number of aryl methyl sites for hydroxylation is 2. The Bertz CT molecular complexity index is 459. The minimum Gasteiger partial charge on any atom is -0.387 e.